The van der Waals surface area contributed by atoms with Crippen molar-refractivity contribution < 1.29 is 4.74 Å². The van der Waals surface area contributed by atoms with Crippen LogP contribution in [-0.4, -0.2) is 45.7 Å². The number of thiazole rings is 1. The van der Waals surface area contributed by atoms with Crippen molar-refractivity contribution in [2.45, 2.75) is 25.3 Å². The maximum atomic E-state index is 5.86. The van der Waals surface area contributed by atoms with Crippen LogP contribution < -0.4 is 4.74 Å². The Labute approximate surface area is 158 Å². The number of ether oxygens (including phenoxy) is 1. The van der Waals surface area contributed by atoms with Gasteiger partial charge in [-0.25, -0.2) is 9.97 Å². The number of likely N-dealkylation sites (tertiary alicyclic amines) is 1. The molecule has 0 amide bonds. The van der Waals surface area contributed by atoms with Crippen molar-refractivity contribution in [3.63, 3.8) is 0 Å². The lowest BCUT2D eigenvalue weighted by Crippen LogP contribution is -2.37. The van der Waals surface area contributed by atoms with Crippen molar-refractivity contribution in [2.75, 3.05) is 26.2 Å². The molecule has 5 nitrogen and oxygen atoms in total. The number of imidazole rings is 1. The molecule has 0 radical (unpaired) electrons. The van der Waals surface area contributed by atoms with Gasteiger partial charge in [0.25, 0.3) is 0 Å². The topological polar surface area (TPSA) is 43.2 Å². The van der Waals surface area contributed by atoms with Gasteiger partial charge in [0.15, 0.2) is 0 Å². The van der Waals surface area contributed by atoms with Gasteiger partial charge in [-0.2, -0.15) is 0 Å². The zero-order valence-electron chi connectivity index (χ0n) is 14.8. The third-order valence-electron chi connectivity index (χ3n) is 4.85. The number of para-hydroxylation sites is 1. The van der Waals surface area contributed by atoms with Crippen molar-refractivity contribution >= 4 is 11.3 Å². The van der Waals surface area contributed by atoms with E-state index in [0.29, 0.717) is 5.92 Å². The van der Waals surface area contributed by atoms with E-state index in [9.17, 15) is 0 Å². The highest BCUT2D eigenvalue weighted by atomic mass is 32.1. The Hall–Kier alpha value is -2.18. The maximum Gasteiger partial charge on any atom is 0.119 e. The SMILES string of the molecule is c1ccc(OCCN2CCCC(c3nccn3Cc3cscn3)C2)cc1. The molecule has 0 bridgehead atoms. The fourth-order valence-corrected chi connectivity index (χ4v) is 4.13. The molecule has 1 atom stereocenters. The zero-order valence-corrected chi connectivity index (χ0v) is 15.6. The van der Waals surface area contributed by atoms with E-state index >= 15 is 0 Å². The maximum absolute atomic E-state index is 5.86. The summed E-state index contributed by atoms with van der Waals surface area (Å²) >= 11 is 1.64. The van der Waals surface area contributed by atoms with E-state index in [4.69, 9.17) is 4.74 Å². The third-order valence-corrected chi connectivity index (χ3v) is 5.49. The first-order valence-electron chi connectivity index (χ1n) is 9.17. The molecule has 1 aliphatic rings. The molecule has 4 rings (SSSR count). The van der Waals surface area contributed by atoms with Gasteiger partial charge in [0.2, 0.25) is 0 Å². The average molecular weight is 369 g/mol. The standard InChI is InChI=1S/C20H24N4OS/c1-2-6-19(7-3-1)25-12-11-23-9-4-5-17(13-23)20-21-8-10-24(20)14-18-15-26-16-22-18/h1-3,6-8,10,15-17H,4-5,9,11-14H2. The lowest BCUT2D eigenvalue weighted by Gasteiger charge is -2.32. The van der Waals surface area contributed by atoms with Crippen LogP contribution in [0.3, 0.4) is 0 Å². The van der Waals surface area contributed by atoms with Crippen LogP contribution in [0.15, 0.2) is 53.6 Å². The Morgan fingerprint density at radius 1 is 1.19 bits per heavy atom. The predicted octanol–water partition coefficient (Wildman–Crippen LogP) is 3.65. The smallest absolute Gasteiger partial charge is 0.119 e. The average Bonchev–Trinajstić information content (AvgIpc) is 3.35. The van der Waals surface area contributed by atoms with Gasteiger partial charge in [-0.1, -0.05) is 18.2 Å². The largest absolute Gasteiger partial charge is 0.492 e. The first-order valence-corrected chi connectivity index (χ1v) is 10.1. The zero-order chi connectivity index (χ0) is 17.6. The monoisotopic (exact) mass is 368 g/mol. The Morgan fingerprint density at radius 3 is 2.96 bits per heavy atom. The lowest BCUT2D eigenvalue weighted by molar-refractivity contribution is 0.167. The molecule has 136 valence electrons. The number of piperidine rings is 1. The second-order valence-corrected chi connectivity index (χ2v) is 7.41. The van der Waals surface area contributed by atoms with Gasteiger partial charge in [-0.3, -0.25) is 4.90 Å². The highest BCUT2D eigenvalue weighted by molar-refractivity contribution is 7.07. The summed E-state index contributed by atoms with van der Waals surface area (Å²) in [6.07, 6.45) is 6.40. The van der Waals surface area contributed by atoms with Crippen LogP contribution in [-0.2, 0) is 6.54 Å². The lowest BCUT2D eigenvalue weighted by atomic mass is 9.97. The molecule has 2 aromatic heterocycles. The summed E-state index contributed by atoms with van der Waals surface area (Å²) in [6.45, 7) is 4.68. The van der Waals surface area contributed by atoms with Gasteiger partial charge in [0, 0.05) is 36.8 Å². The molecular formula is C20H24N4OS. The van der Waals surface area contributed by atoms with E-state index in [1.165, 1.54) is 18.7 Å². The summed E-state index contributed by atoms with van der Waals surface area (Å²) in [5, 5.41) is 2.11. The van der Waals surface area contributed by atoms with Crippen LogP contribution in [0.4, 0.5) is 0 Å². The van der Waals surface area contributed by atoms with Crippen LogP contribution in [0, 0.1) is 0 Å². The molecular weight excluding hydrogens is 344 g/mol. The minimum Gasteiger partial charge on any atom is -0.492 e. The molecule has 26 heavy (non-hydrogen) atoms. The molecule has 1 aliphatic heterocycles. The van der Waals surface area contributed by atoms with Crippen LogP contribution in [0.2, 0.25) is 0 Å². The van der Waals surface area contributed by atoms with Gasteiger partial charge in [0.1, 0.15) is 18.2 Å². The van der Waals surface area contributed by atoms with E-state index in [2.05, 4.69) is 31.0 Å². The highest BCUT2D eigenvalue weighted by Crippen LogP contribution is 2.26. The molecule has 1 unspecified atom stereocenters. The van der Waals surface area contributed by atoms with Crippen LogP contribution in [0.1, 0.15) is 30.3 Å². The minimum absolute atomic E-state index is 0.481. The second-order valence-electron chi connectivity index (χ2n) is 6.69. The number of hydrogen-bond donors (Lipinski definition) is 0. The molecule has 0 saturated carbocycles. The normalized spacial score (nSPS) is 18.1. The molecule has 1 saturated heterocycles. The van der Waals surface area contributed by atoms with Crippen LogP contribution >= 0.6 is 11.3 Å². The molecule has 0 spiro atoms. The first kappa shape index (κ1) is 17.2. The first-order chi connectivity index (χ1) is 12.9. The molecule has 1 fully saturated rings. The summed E-state index contributed by atoms with van der Waals surface area (Å²) in [5.74, 6) is 2.61. The molecule has 3 aromatic rings. The van der Waals surface area contributed by atoms with Crippen LogP contribution in [0.5, 0.6) is 5.75 Å². The summed E-state index contributed by atoms with van der Waals surface area (Å²) in [4.78, 5) is 11.6. The number of nitrogens with zero attached hydrogens (tertiary/aromatic N) is 4. The molecule has 1 aromatic carbocycles. The quantitative estimate of drug-likeness (QED) is 0.638. The van der Waals surface area contributed by atoms with Crippen molar-refractivity contribution in [3.05, 3.63) is 65.1 Å². The third kappa shape index (κ3) is 4.31. The van der Waals surface area contributed by atoms with Crippen molar-refractivity contribution in [1.82, 2.24) is 19.4 Å². The van der Waals surface area contributed by atoms with Gasteiger partial charge in [-0.05, 0) is 31.5 Å². The Kier molecular flexibility index (Phi) is 5.62. The van der Waals surface area contributed by atoms with Crippen LogP contribution in [0.25, 0.3) is 0 Å². The number of benzene rings is 1. The van der Waals surface area contributed by atoms with Gasteiger partial charge >= 0.3 is 0 Å². The highest BCUT2D eigenvalue weighted by Gasteiger charge is 2.24. The molecule has 6 heteroatoms. The summed E-state index contributed by atoms with van der Waals surface area (Å²) in [6, 6.07) is 10.0. The number of rotatable bonds is 7. The Morgan fingerprint density at radius 2 is 2.12 bits per heavy atom. The molecule has 3 heterocycles. The Bertz CT molecular complexity index is 787. The fourth-order valence-electron chi connectivity index (χ4n) is 3.58. The van der Waals surface area contributed by atoms with Crippen molar-refractivity contribution in [2.24, 2.45) is 0 Å². The second kappa shape index (κ2) is 8.47. The fraction of sp³-hybridized carbons (Fsp3) is 0.400. The van der Waals surface area contributed by atoms with E-state index in [1.807, 2.05) is 42.0 Å². The van der Waals surface area contributed by atoms with Crippen molar-refractivity contribution in [1.29, 1.82) is 0 Å². The van der Waals surface area contributed by atoms with E-state index in [1.54, 1.807) is 11.3 Å². The van der Waals surface area contributed by atoms with E-state index < -0.39 is 0 Å². The van der Waals surface area contributed by atoms with E-state index in [-0.39, 0.29) is 0 Å². The summed E-state index contributed by atoms with van der Waals surface area (Å²) in [5.41, 5.74) is 3.00. The molecule has 0 N–H and O–H groups in total. The Balaban J connectivity index is 1.33. The summed E-state index contributed by atoms with van der Waals surface area (Å²) in [7, 11) is 0. The summed E-state index contributed by atoms with van der Waals surface area (Å²) < 4.78 is 8.11. The number of hydrogen-bond acceptors (Lipinski definition) is 5. The van der Waals surface area contributed by atoms with Gasteiger partial charge in [0.05, 0.1) is 17.7 Å². The predicted molar refractivity (Wildman–Crippen MR) is 104 cm³/mol. The molecule has 0 aliphatic carbocycles. The van der Waals surface area contributed by atoms with Gasteiger partial charge in [-0.15, -0.1) is 11.3 Å². The minimum atomic E-state index is 0.481. The van der Waals surface area contributed by atoms with Gasteiger partial charge < -0.3 is 9.30 Å². The van der Waals surface area contributed by atoms with E-state index in [0.717, 1.165) is 44.2 Å². The number of aromatic nitrogens is 3. The van der Waals surface area contributed by atoms with Crippen molar-refractivity contribution in [3.8, 4) is 5.75 Å².